The number of benzene rings is 1. The molecule has 0 bridgehead atoms. The van der Waals surface area contributed by atoms with E-state index in [9.17, 15) is 0 Å². The Balaban J connectivity index is 1.23. The first-order valence-electron chi connectivity index (χ1n) is 10.4. The van der Waals surface area contributed by atoms with Crippen LogP contribution in [0.2, 0.25) is 0 Å². The summed E-state index contributed by atoms with van der Waals surface area (Å²) < 4.78 is 6.25. The molecule has 4 heterocycles. The highest BCUT2D eigenvalue weighted by Gasteiger charge is 2.41. The van der Waals surface area contributed by atoms with Crippen LogP contribution in [0.15, 0.2) is 54.7 Å². The number of pyridine rings is 1. The quantitative estimate of drug-likeness (QED) is 0.646. The van der Waals surface area contributed by atoms with Crippen molar-refractivity contribution in [3.05, 3.63) is 60.4 Å². The molecule has 2 saturated heterocycles. The van der Waals surface area contributed by atoms with Crippen molar-refractivity contribution in [3.8, 4) is 10.4 Å². The van der Waals surface area contributed by atoms with Crippen LogP contribution in [-0.4, -0.2) is 35.3 Å². The molecule has 2 aliphatic rings. The van der Waals surface area contributed by atoms with E-state index in [4.69, 9.17) is 9.72 Å². The van der Waals surface area contributed by atoms with Crippen LogP contribution in [0.4, 0.5) is 10.9 Å². The number of ether oxygens (including phenoxy) is 1. The van der Waals surface area contributed by atoms with Gasteiger partial charge in [0.2, 0.25) is 0 Å². The lowest BCUT2D eigenvalue weighted by atomic mass is 9.85. The maximum absolute atomic E-state index is 6.25. The lowest BCUT2D eigenvalue weighted by Crippen LogP contribution is -2.41. The van der Waals surface area contributed by atoms with E-state index in [0.717, 1.165) is 66.9 Å². The maximum atomic E-state index is 6.25. The highest BCUT2D eigenvalue weighted by atomic mass is 32.1. The smallest absolute Gasteiger partial charge is 0.188 e. The summed E-state index contributed by atoms with van der Waals surface area (Å²) in [4.78, 5) is 10.5. The summed E-state index contributed by atoms with van der Waals surface area (Å²) in [5.41, 5.74) is 2.42. The normalized spacial score (nSPS) is 20.8. The SMILES string of the molecule is c1ccc(-c2cnc(Nc3cccc(C[C@H]4COC5(CCNCC5)C4)n3)s2)cc1. The molecule has 2 aromatic heterocycles. The monoisotopic (exact) mass is 406 g/mol. The number of nitrogens with one attached hydrogen (secondary N) is 2. The van der Waals surface area contributed by atoms with Gasteiger partial charge in [0, 0.05) is 11.9 Å². The molecule has 0 unspecified atom stereocenters. The van der Waals surface area contributed by atoms with Crippen molar-refractivity contribution in [2.45, 2.75) is 31.3 Å². The highest BCUT2D eigenvalue weighted by molar-refractivity contribution is 7.18. The fraction of sp³-hybridized carbons (Fsp3) is 0.391. The van der Waals surface area contributed by atoms with Crippen LogP contribution in [0.25, 0.3) is 10.4 Å². The van der Waals surface area contributed by atoms with E-state index in [2.05, 4.69) is 39.9 Å². The van der Waals surface area contributed by atoms with E-state index in [-0.39, 0.29) is 5.60 Å². The Kier molecular flexibility index (Phi) is 5.31. The maximum Gasteiger partial charge on any atom is 0.188 e. The fourth-order valence-electron chi connectivity index (χ4n) is 4.44. The molecule has 0 aliphatic carbocycles. The predicted octanol–water partition coefficient (Wildman–Crippen LogP) is 4.65. The Morgan fingerprint density at radius 3 is 2.83 bits per heavy atom. The Morgan fingerprint density at radius 1 is 1.10 bits per heavy atom. The number of piperidine rings is 1. The molecule has 150 valence electrons. The molecule has 5 rings (SSSR count). The summed E-state index contributed by atoms with van der Waals surface area (Å²) in [5, 5.41) is 7.68. The summed E-state index contributed by atoms with van der Waals surface area (Å²) in [5.74, 6) is 1.41. The van der Waals surface area contributed by atoms with Gasteiger partial charge in [-0.05, 0) is 62.4 Å². The zero-order chi connectivity index (χ0) is 19.5. The Hall–Kier alpha value is -2.28. The van der Waals surface area contributed by atoms with E-state index in [1.807, 2.05) is 30.5 Å². The number of hydrogen-bond acceptors (Lipinski definition) is 6. The van der Waals surface area contributed by atoms with Gasteiger partial charge in [-0.2, -0.15) is 0 Å². The van der Waals surface area contributed by atoms with Gasteiger partial charge in [-0.3, -0.25) is 0 Å². The molecule has 0 amide bonds. The third-order valence-corrected chi connectivity index (χ3v) is 6.87. The molecule has 0 radical (unpaired) electrons. The second-order valence-electron chi connectivity index (χ2n) is 8.05. The molecular formula is C23H26N4OS. The number of thiazole rings is 1. The van der Waals surface area contributed by atoms with Gasteiger partial charge in [-0.15, -0.1) is 0 Å². The molecule has 2 fully saturated rings. The largest absolute Gasteiger partial charge is 0.375 e. The topological polar surface area (TPSA) is 59.1 Å². The van der Waals surface area contributed by atoms with Crippen molar-refractivity contribution in [2.75, 3.05) is 25.0 Å². The van der Waals surface area contributed by atoms with E-state index >= 15 is 0 Å². The number of anilines is 2. The molecule has 5 nitrogen and oxygen atoms in total. The minimum atomic E-state index is 0.112. The second-order valence-corrected chi connectivity index (χ2v) is 9.08. The number of rotatable bonds is 5. The van der Waals surface area contributed by atoms with E-state index in [1.54, 1.807) is 11.3 Å². The van der Waals surface area contributed by atoms with Crippen LogP contribution >= 0.6 is 11.3 Å². The zero-order valence-electron chi connectivity index (χ0n) is 16.4. The highest BCUT2D eigenvalue weighted by Crippen LogP contribution is 2.38. The Morgan fingerprint density at radius 2 is 1.97 bits per heavy atom. The number of hydrogen-bond donors (Lipinski definition) is 2. The van der Waals surface area contributed by atoms with E-state index < -0.39 is 0 Å². The van der Waals surface area contributed by atoms with Gasteiger partial charge < -0.3 is 15.4 Å². The van der Waals surface area contributed by atoms with Crippen LogP contribution < -0.4 is 10.6 Å². The summed E-state index contributed by atoms with van der Waals surface area (Å²) in [6.07, 6.45) is 6.30. The van der Waals surface area contributed by atoms with Crippen LogP contribution in [-0.2, 0) is 11.2 Å². The standard InChI is InChI=1S/C23H26N4OS/c1-2-5-18(6-3-1)20-15-25-22(29-20)27-21-8-4-7-19(26-21)13-17-14-23(28-16-17)9-11-24-12-10-23/h1-8,15,17,24H,9-14,16H2,(H,25,26,27)/t17-/m1/s1. The number of nitrogens with zero attached hydrogens (tertiary/aromatic N) is 2. The first kappa shape index (κ1) is 18.7. The van der Waals surface area contributed by atoms with Gasteiger partial charge in [-0.1, -0.05) is 47.7 Å². The van der Waals surface area contributed by atoms with Crippen molar-refractivity contribution in [3.63, 3.8) is 0 Å². The summed E-state index contributed by atoms with van der Waals surface area (Å²) in [6, 6.07) is 16.5. The van der Waals surface area contributed by atoms with Gasteiger partial charge in [0.15, 0.2) is 5.13 Å². The molecule has 1 atom stereocenters. The van der Waals surface area contributed by atoms with Crippen molar-refractivity contribution in [1.29, 1.82) is 0 Å². The van der Waals surface area contributed by atoms with Gasteiger partial charge in [0.1, 0.15) is 5.82 Å². The van der Waals surface area contributed by atoms with Gasteiger partial charge in [0.25, 0.3) is 0 Å². The van der Waals surface area contributed by atoms with Gasteiger partial charge in [-0.25, -0.2) is 9.97 Å². The van der Waals surface area contributed by atoms with Crippen LogP contribution in [0, 0.1) is 5.92 Å². The van der Waals surface area contributed by atoms with Crippen molar-refractivity contribution in [2.24, 2.45) is 5.92 Å². The number of aromatic nitrogens is 2. The summed E-state index contributed by atoms with van der Waals surface area (Å²) in [6.45, 7) is 3.00. The van der Waals surface area contributed by atoms with Crippen LogP contribution in [0.3, 0.4) is 0 Å². The minimum absolute atomic E-state index is 0.112. The Bertz CT molecular complexity index is 952. The summed E-state index contributed by atoms with van der Waals surface area (Å²) >= 11 is 1.65. The van der Waals surface area contributed by atoms with Crippen molar-refractivity contribution < 1.29 is 4.74 Å². The molecule has 3 aromatic rings. The zero-order valence-corrected chi connectivity index (χ0v) is 17.3. The Labute approximate surface area is 175 Å². The molecular weight excluding hydrogens is 380 g/mol. The lowest BCUT2D eigenvalue weighted by Gasteiger charge is -2.33. The second kappa shape index (κ2) is 8.22. The van der Waals surface area contributed by atoms with E-state index in [0.29, 0.717) is 5.92 Å². The molecule has 1 spiro atoms. The molecule has 29 heavy (non-hydrogen) atoms. The third-order valence-electron chi connectivity index (χ3n) is 5.90. The first-order chi connectivity index (χ1) is 14.3. The first-order valence-corrected chi connectivity index (χ1v) is 11.2. The molecule has 2 N–H and O–H groups in total. The van der Waals surface area contributed by atoms with Crippen LogP contribution in [0.1, 0.15) is 25.0 Å². The van der Waals surface area contributed by atoms with Crippen LogP contribution in [0.5, 0.6) is 0 Å². The van der Waals surface area contributed by atoms with Crippen molar-refractivity contribution in [1.82, 2.24) is 15.3 Å². The predicted molar refractivity (Wildman–Crippen MR) is 118 cm³/mol. The molecule has 1 aromatic carbocycles. The van der Waals surface area contributed by atoms with Crippen molar-refractivity contribution >= 4 is 22.3 Å². The molecule has 2 aliphatic heterocycles. The average molecular weight is 407 g/mol. The molecule has 0 saturated carbocycles. The fourth-order valence-corrected chi connectivity index (χ4v) is 5.27. The van der Waals surface area contributed by atoms with Gasteiger partial charge >= 0.3 is 0 Å². The van der Waals surface area contributed by atoms with Gasteiger partial charge in [0.05, 0.1) is 17.1 Å². The molecule has 6 heteroatoms. The minimum Gasteiger partial charge on any atom is -0.375 e. The third kappa shape index (κ3) is 4.34. The summed E-state index contributed by atoms with van der Waals surface area (Å²) in [7, 11) is 0. The van der Waals surface area contributed by atoms with E-state index in [1.165, 1.54) is 5.56 Å². The average Bonchev–Trinajstić information content (AvgIpc) is 3.37. The lowest BCUT2D eigenvalue weighted by molar-refractivity contribution is -0.0196.